The van der Waals surface area contributed by atoms with E-state index >= 15 is 0 Å². The molecule has 0 radical (unpaired) electrons. The maximum atomic E-state index is 13.4. The maximum absolute atomic E-state index is 13.4. The van der Waals surface area contributed by atoms with Gasteiger partial charge in [-0.25, -0.2) is 9.78 Å². The summed E-state index contributed by atoms with van der Waals surface area (Å²) in [6.45, 7) is 4.60. The number of aryl methyl sites for hydroxylation is 1. The summed E-state index contributed by atoms with van der Waals surface area (Å²) in [5.74, 6) is 0.494. The standard InChI is InChI=1S/C31H38N6O5/c1-35(13-14-40-3)12-4-10-33-31(39)34-21-5-8-26-24(16-21)29(38)27(42-26)15-20-17-36(2)30-28(20)25(9-11-32-30)37-18-22-6-7-23(19-37)41-22/h5,8-9,11,15-17,22-23H,4,6-7,10,12-14,18-19H2,1-3H3,(H2,33,34,39). The molecule has 2 unspecified atom stereocenters. The van der Waals surface area contributed by atoms with Crippen LogP contribution in [0.2, 0.25) is 0 Å². The van der Waals surface area contributed by atoms with Crippen LogP contribution in [0.3, 0.4) is 0 Å². The average Bonchev–Trinajstić information content (AvgIpc) is 3.61. The van der Waals surface area contributed by atoms with Gasteiger partial charge in [-0.2, -0.15) is 0 Å². The lowest BCUT2D eigenvalue weighted by Gasteiger charge is -2.34. The van der Waals surface area contributed by atoms with Gasteiger partial charge in [-0.15, -0.1) is 0 Å². The number of carbonyl (C=O) groups is 2. The summed E-state index contributed by atoms with van der Waals surface area (Å²) in [6.07, 6.45) is 9.12. The van der Waals surface area contributed by atoms with Crippen molar-refractivity contribution in [2.75, 3.05) is 63.7 Å². The summed E-state index contributed by atoms with van der Waals surface area (Å²) >= 11 is 0. The van der Waals surface area contributed by atoms with Gasteiger partial charge in [0.25, 0.3) is 0 Å². The number of carbonyl (C=O) groups excluding carboxylic acids is 2. The number of hydrogen-bond acceptors (Lipinski definition) is 8. The van der Waals surface area contributed by atoms with Gasteiger partial charge in [0, 0.05) is 69.4 Å². The van der Waals surface area contributed by atoms with Crippen LogP contribution in [0.1, 0.15) is 35.2 Å². The normalized spacial score (nSPS) is 20.4. The Kier molecular flexibility index (Phi) is 8.14. The Morgan fingerprint density at radius 2 is 2.02 bits per heavy atom. The lowest BCUT2D eigenvalue weighted by molar-refractivity contribution is 0.0306. The number of aromatic nitrogens is 2. The van der Waals surface area contributed by atoms with E-state index in [2.05, 4.69) is 25.4 Å². The molecular weight excluding hydrogens is 536 g/mol. The van der Waals surface area contributed by atoms with E-state index in [-0.39, 0.29) is 29.8 Å². The van der Waals surface area contributed by atoms with Crippen molar-refractivity contribution in [3.8, 4) is 5.75 Å². The van der Waals surface area contributed by atoms with Crippen molar-refractivity contribution in [1.82, 2.24) is 19.8 Å². The van der Waals surface area contributed by atoms with Gasteiger partial charge in [0.05, 0.1) is 30.1 Å². The molecule has 3 aromatic rings. The summed E-state index contributed by atoms with van der Waals surface area (Å²) in [6, 6.07) is 6.84. The highest BCUT2D eigenvalue weighted by Crippen LogP contribution is 2.38. The maximum Gasteiger partial charge on any atom is 0.319 e. The number of ketones is 1. The molecule has 222 valence electrons. The number of morpholine rings is 1. The van der Waals surface area contributed by atoms with Crippen LogP contribution in [-0.4, -0.2) is 92.0 Å². The summed E-state index contributed by atoms with van der Waals surface area (Å²) in [5.41, 5.74) is 3.76. The van der Waals surface area contributed by atoms with E-state index in [1.165, 1.54) is 0 Å². The Bertz CT molecular complexity index is 1500. The fourth-order valence-electron chi connectivity index (χ4n) is 6.00. The van der Waals surface area contributed by atoms with Gasteiger partial charge < -0.3 is 39.2 Å². The fourth-order valence-corrected chi connectivity index (χ4v) is 6.00. The van der Waals surface area contributed by atoms with E-state index in [9.17, 15) is 9.59 Å². The van der Waals surface area contributed by atoms with Crippen molar-refractivity contribution in [3.63, 3.8) is 0 Å². The molecule has 2 saturated heterocycles. The van der Waals surface area contributed by atoms with Crippen molar-refractivity contribution in [3.05, 3.63) is 53.5 Å². The van der Waals surface area contributed by atoms with Crippen molar-refractivity contribution in [1.29, 1.82) is 0 Å². The molecule has 0 aliphatic carbocycles. The third-order valence-corrected chi connectivity index (χ3v) is 8.14. The van der Waals surface area contributed by atoms with Crippen LogP contribution >= 0.6 is 0 Å². The Balaban J connectivity index is 1.14. The number of rotatable bonds is 10. The number of ether oxygens (including phenoxy) is 3. The second-order valence-electron chi connectivity index (χ2n) is 11.3. The smallest absolute Gasteiger partial charge is 0.319 e. The number of pyridine rings is 1. The molecule has 11 nitrogen and oxygen atoms in total. The van der Waals surface area contributed by atoms with Crippen LogP contribution in [0.15, 0.2) is 42.4 Å². The van der Waals surface area contributed by atoms with Crippen molar-refractivity contribution in [2.24, 2.45) is 7.05 Å². The molecule has 0 saturated carbocycles. The first-order valence-corrected chi connectivity index (χ1v) is 14.5. The molecule has 2 amide bonds. The molecule has 5 heterocycles. The quantitative estimate of drug-likeness (QED) is 0.279. The van der Waals surface area contributed by atoms with E-state index in [0.717, 1.165) is 67.7 Å². The number of Topliss-reactive ketones (excluding diaryl/α,β-unsaturated/α-hetero) is 1. The average molecular weight is 575 g/mol. The zero-order chi connectivity index (χ0) is 29.2. The number of anilines is 2. The second kappa shape index (κ2) is 12.1. The van der Waals surface area contributed by atoms with E-state index in [0.29, 0.717) is 30.2 Å². The second-order valence-corrected chi connectivity index (χ2v) is 11.3. The fraction of sp³-hybridized carbons (Fsp3) is 0.452. The zero-order valence-electron chi connectivity index (χ0n) is 24.4. The predicted octanol–water partition coefficient (Wildman–Crippen LogP) is 3.65. The largest absolute Gasteiger partial charge is 0.452 e. The number of hydrogen-bond donors (Lipinski definition) is 2. The van der Waals surface area contributed by atoms with Crippen molar-refractivity contribution < 1.29 is 23.8 Å². The number of nitrogens with zero attached hydrogens (tertiary/aromatic N) is 4. The molecule has 6 rings (SSSR count). The lowest BCUT2D eigenvalue weighted by Crippen LogP contribution is -2.42. The first kappa shape index (κ1) is 28.2. The number of fused-ring (bicyclic) bond motifs is 4. The highest BCUT2D eigenvalue weighted by Gasteiger charge is 2.35. The van der Waals surface area contributed by atoms with E-state index in [1.54, 1.807) is 31.4 Å². The van der Waals surface area contributed by atoms with Gasteiger partial charge in [0.15, 0.2) is 5.76 Å². The molecule has 3 aliphatic rings. The number of methoxy groups -OCH3 is 1. The Hall–Kier alpha value is -3.93. The van der Waals surface area contributed by atoms with Crippen LogP contribution in [-0.2, 0) is 16.5 Å². The monoisotopic (exact) mass is 574 g/mol. The van der Waals surface area contributed by atoms with Crippen LogP contribution in [0, 0.1) is 0 Å². The molecule has 2 bridgehead atoms. The predicted molar refractivity (Wildman–Crippen MR) is 161 cm³/mol. The minimum Gasteiger partial charge on any atom is -0.452 e. The Labute approximate surface area is 245 Å². The third-order valence-electron chi connectivity index (χ3n) is 8.14. The zero-order valence-corrected chi connectivity index (χ0v) is 24.4. The number of allylic oxidation sites excluding steroid dienone is 1. The highest BCUT2D eigenvalue weighted by molar-refractivity contribution is 6.16. The molecule has 2 atom stereocenters. The summed E-state index contributed by atoms with van der Waals surface area (Å²) in [7, 11) is 5.66. The van der Waals surface area contributed by atoms with Crippen molar-refractivity contribution >= 4 is 40.3 Å². The molecule has 0 spiro atoms. The molecule has 3 aliphatic heterocycles. The Morgan fingerprint density at radius 3 is 2.81 bits per heavy atom. The first-order chi connectivity index (χ1) is 20.4. The molecule has 11 heteroatoms. The number of likely N-dealkylation sites (N-methyl/N-ethyl adjacent to an activating group) is 1. The lowest BCUT2D eigenvalue weighted by atomic mass is 10.1. The minimum atomic E-state index is -0.316. The molecule has 2 fully saturated rings. The van der Waals surface area contributed by atoms with Crippen LogP contribution in [0.25, 0.3) is 17.1 Å². The molecule has 2 N–H and O–H groups in total. The topological polar surface area (TPSA) is 110 Å². The van der Waals surface area contributed by atoms with Crippen molar-refractivity contribution in [2.45, 2.75) is 31.5 Å². The molecule has 1 aromatic carbocycles. The van der Waals surface area contributed by atoms with Gasteiger partial charge >= 0.3 is 6.03 Å². The number of urea groups is 1. The SMILES string of the molecule is COCCN(C)CCCNC(=O)Nc1ccc2c(c1)C(=O)C(=Cc1cn(C)c3nccc(N4CC5CCC(C4)O5)c13)O2. The number of nitrogens with one attached hydrogen (secondary N) is 2. The van der Waals surface area contributed by atoms with E-state index in [4.69, 9.17) is 14.2 Å². The first-order valence-electron chi connectivity index (χ1n) is 14.5. The summed E-state index contributed by atoms with van der Waals surface area (Å²) in [5, 5.41) is 6.68. The molecule has 2 aromatic heterocycles. The van der Waals surface area contributed by atoms with Crippen LogP contribution in [0.4, 0.5) is 16.2 Å². The van der Waals surface area contributed by atoms with Gasteiger partial charge in [0.2, 0.25) is 5.78 Å². The summed E-state index contributed by atoms with van der Waals surface area (Å²) < 4.78 is 19.1. The van der Waals surface area contributed by atoms with E-state index in [1.807, 2.05) is 37.1 Å². The molecule has 42 heavy (non-hydrogen) atoms. The van der Waals surface area contributed by atoms with Gasteiger partial charge in [-0.3, -0.25) is 4.79 Å². The Morgan fingerprint density at radius 1 is 1.21 bits per heavy atom. The van der Waals surface area contributed by atoms with Crippen LogP contribution < -0.4 is 20.3 Å². The number of amides is 2. The number of benzene rings is 1. The van der Waals surface area contributed by atoms with Crippen LogP contribution in [0.5, 0.6) is 5.75 Å². The molecular formula is C31H38N6O5. The third kappa shape index (κ3) is 5.85. The van der Waals surface area contributed by atoms with E-state index < -0.39 is 0 Å². The van der Waals surface area contributed by atoms with Gasteiger partial charge in [0.1, 0.15) is 11.4 Å². The van der Waals surface area contributed by atoms with Gasteiger partial charge in [-0.05, 0) is 63.2 Å². The summed E-state index contributed by atoms with van der Waals surface area (Å²) in [4.78, 5) is 35.0. The van der Waals surface area contributed by atoms with Gasteiger partial charge in [-0.1, -0.05) is 0 Å². The highest BCUT2D eigenvalue weighted by atomic mass is 16.5. The minimum absolute atomic E-state index is 0.222.